The summed E-state index contributed by atoms with van der Waals surface area (Å²) < 4.78 is 14.9. The van der Waals surface area contributed by atoms with Crippen molar-refractivity contribution in [3.8, 4) is 17.6 Å². The van der Waals surface area contributed by atoms with Gasteiger partial charge in [-0.05, 0) is 19.1 Å². The number of hydrogen-bond acceptors (Lipinski definition) is 5. The van der Waals surface area contributed by atoms with Crippen molar-refractivity contribution < 1.29 is 19.0 Å². The molecular weight excluding hydrogens is 222 g/mol. The van der Waals surface area contributed by atoms with E-state index in [0.29, 0.717) is 11.5 Å². The molecule has 0 fully saturated rings. The van der Waals surface area contributed by atoms with Crippen LogP contribution in [0.25, 0.3) is 0 Å². The van der Waals surface area contributed by atoms with Crippen LogP contribution in [0, 0.1) is 11.3 Å². The van der Waals surface area contributed by atoms with Crippen molar-refractivity contribution in [2.75, 3.05) is 14.2 Å². The lowest BCUT2D eigenvalue weighted by molar-refractivity contribution is 0.0434. The second-order valence-corrected chi connectivity index (χ2v) is 3.28. The maximum atomic E-state index is 11.7. The third-order valence-electron chi connectivity index (χ3n) is 2.05. The Morgan fingerprint density at radius 2 is 1.76 bits per heavy atom. The van der Waals surface area contributed by atoms with Gasteiger partial charge >= 0.3 is 5.97 Å². The molecule has 0 saturated carbocycles. The van der Waals surface area contributed by atoms with Crippen molar-refractivity contribution in [1.82, 2.24) is 0 Å². The van der Waals surface area contributed by atoms with Crippen LogP contribution in [0.15, 0.2) is 18.2 Å². The minimum Gasteiger partial charge on any atom is -0.497 e. The Morgan fingerprint density at radius 1 is 1.24 bits per heavy atom. The van der Waals surface area contributed by atoms with E-state index in [0.717, 1.165) is 0 Å². The summed E-state index contributed by atoms with van der Waals surface area (Å²) in [5, 5.41) is 8.56. The maximum absolute atomic E-state index is 11.7. The average molecular weight is 235 g/mol. The molecule has 1 atom stereocenters. The normalized spacial score (nSPS) is 11.2. The minimum absolute atomic E-state index is 0.281. The second-order valence-electron chi connectivity index (χ2n) is 3.28. The zero-order valence-electron chi connectivity index (χ0n) is 9.89. The van der Waals surface area contributed by atoms with Gasteiger partial charge in [-0.2, -0.15) is 5.26 Å². The van der Waals surface area contributed by atoms with Crippen LogP contribution < -0.4 is 9.47 Å². The first-order valence-corrected chi connectivity index (χ1v) is 4.94. The molecule has 0 aliphatic rings. The molecule has 0 aliphatic carbocycles. The van der Waals surface area contributed by atoms with Gasteiger partial charge in [0.1, 0.15) is 17.6 Å². The fourth-order valence-corrected chi connectivity index (χ4v) is 1.18. The molecule has 0 aromatic heterocycles. The van der Waals surface area contributed by atoms with Gasteiger partial charge in [0, 0.05) is 6.07 Å². The Hall–Kier alpha value is -2.22. The minimum atomic E-state index is -0.792. The first-order chi connectivity index (χ1) is 8.10. The lowest BCUT2D eigenvalue weighted by Gasteiger charge is -2.09. The summed E-state index contributed by atoms with van der Waals surface area (Å²) in [4.78, 5) is 11.7. The van der Waals surface area contributed by atoms with E-state index < -0.39 is 12.1 Å². The molecule has 0 N–H and O–H groups in total. The molecule has 0 bridgehead atoms. The first-order valence-electron chi connectivity index (χ1n) is 4.94. The van der Waals surface area contributed by atoms with E-state index >= 15 is 0 Å². The van der Waals surface area contributed by atoms with Crippen molar-refractivity contribution in [3.63, 3.8) is 0 Å². The Labute approximate surface area is 99.5 Å². The smallest absolute Gasteiger partial charge is 0.339 e. The lowest BCUT2D eigenvalue weighted by Crippen LogP contribution is -2.13. The first kappa shape index (κ1) is 12.8. The van der Waals surface area contributed by atoms with Gasteiger partial charge in [-0.3, -0.25) is 0 Å². The Morgan fingerprint density at radius 3 is 2.18 bits per heavy atom. The number of benzene rings is 1. The molecule has 5 heteroatoms. The highest BCUT2D eigenvalue weighted by Crippen LogP contribution is 2.23. The number of methoxy groups -OCH3 is 2. The number of nitrogens with zero attached hydrogens (tertiary/aromatic N) is 1. The molecule has 0 amide bonds. The predicted octanol–water partition coefficient (Wildman–Crippen LogP) is 1.77. The summed E-state index contributed by atoms with van der Waals surface area (Å²) in [6.45, 7) is 1.50. The fourth-order valence-electron chi connectivity index (χ4n) is 1.18. The molecule has 17 heavy (non-hydrogen) atoms. The Balaban J connectivity index is 2.97. The summed E-state index contributed by atoms with van der Waals surface area (Å²) in [5.41, 5.74) is 0.281. The van der Waals surface area contributed by atoms with Crippen LogP contribution in [0.3, 0.4) is 0 Å². The van der Waals surface area contributed by atoms with E-state index in [1.54, 1.807) is 6.07 Å². The van der Waals surface area contributed by atoms with Gasteiger partial charge in [-0.15, -0.1) is 0 Å². The van der Waals surface area contributed by atoms with Gasteiger partial charge in [0.2, 0.25) is 0 Å². The molecule has 0 saturated heterocycles. The molecule has 0 aliphatic heterocycles. The van der Waals surface area contributed by atoms with Crippen molar-refractivity contribution in [3.05, 3.63) is 23.8 Å². The summed E-state index contributed by atoms with van der Waals surface area (Å²) in [5.74, 6) is 0.387. The van der Waals surface area contributed by atoms with Crippen LogP contribution in [0.2, 0.25) is 0 Å². The lowest BCUT2D eigenvalue weighted by atomic mass is 10.2. The van der Waals surface area contributed by atoms with E-state index in [9.17, 15) is 4.79 Å². The second kappa shape index (κ2) is 5.75. The number of carbonyl (C=O) groups excluding carboxylic acids is 1. The van der Waals surface area contributed by atoms with Gasteiger partial charge in [0.25, 0.3) is 0 Å². The Bertz CT molecular complexity index is 428. The molecule has 1 rings (SSSR count). The molecular formula is C12H13NO4. The monoisotopic (exact) mass is 235 g/mol. The van der Waals surface area contributed by atoms with Crippen LogP contribution in [-0.2, 0) is 4.74 Å². The van der Waals surface area contributed by atoms with Crippen molar-refractivity contribution in [2.24, 2.45) is 0 Å². The highest BCUT2D eigenvalue weighted by atomic mass is 16.5. The van der Waals surface area contributed by atoms with Crippen molar-refractivity contribution in [1.29, 1.82) is 5.26 Å². The van der Waals surface area contributed by atoms with Crippen LogP contribution in [-0.4, -0.2) is 26.3 Å². The number of hydrogen-bond donors (Lipinski definition) is 0. The van der Waals surface area contributed by atoms with Crippen molar-refractivity contribution in [2.45, 2.75) is 13.0 Å². The van der Waals surface area contributed by atoms with E-state index in [-0.39, 0.29) is 5.56 Å². The zero-order chi connectivity index (χ0) is 12.8. The summed E-state index contributed by atoms with van der Waals surface area (Å²) >= 11 is 0. The molecule has 1 aromatic rings. The van der Waals surface area contributed by atoms with Crippen LogP contribution in [0.1, 0.15) is 17.3 Å². The molecule has 0 radical (unpaired) electrons. The van der Waals surface area contributed by atoms with Crippen LogP contribution >= 0.6 is 0 Å². The average Bonchev–Trinajstić information content (AvgIpc) is 2.37. The van der Waals surface area contributed by atoms with Gasteiger partial charge in [0.05, 0.1) is 19.8 Å². The number of esters is 1. The highest BCUT2D eigenvalue weighted by Gasteiger charge is 2.13. The highest BCUT2D eigenvalue weighted by molar-refractivity contribution is 5.90. The molecule has 90 valence electrons. The third-order valence-corrected chi connectivity index (χ3v) is 2.05. The number of ether oxygens (including phenoxy) is 3. The van der Waals surface area contributed by atoms with Gasteiger partial charge in [-0.25, -0.2) is 4.79 Å². The molecule has 1 aromatic carbocycles. The molecule has 5 nitrogen and oxygen atoms in total. The standard InChI is InChI=1S/C12H13NO4/c1-8(7-13)17-12(14)9-4-10(15-2)6-11(5-9)16-3/h4-6,8H,1-3H3/t8-/m0/s1. The number of nitriles is 1. The van der Waals surface area contributed by atoms with Gasteiger partial charge in [-0.1, -0.05) is 0 Å². The van der Waals surface area contributed by atoms with E-state index in [1.807, 2.05) is 6.07 Å². The number of carbonyl (C=O) groups is 1. The predicted molar refractivity (Wildman–Crippen MR) is 60.0 cm³/mol. The number of rotatable bonds is 4. The largest absolute Gasteiger partial charge is 0.497 e. The van der Waals surface area contributed by atoms with Gasteiger partial charge in [0.15, 0.2) is 6.10 Å². The van der Waals surface area contributed by atoms with E-state index in [1.165, 1.54) is 33.3 Å². The van der Waals surface area contributed by atoms with Crippen LogP contribution in [0.5, 0.6) is 11.5 Å². The Kier molecular flexibility index (Phi) is 4.35. The SMILES string of the molecule is COc1cc(OC)cc(C(=O)O[C@@H](C)C#N)c1. The fraction of sp³-hybridized carbons (Fsp3) is 0.333. The zero-order valence-corrected chi connectivity index (χ0v) is 9.89. The molecule has 0 heterocycles. The van der Waals surface area contributed by atoms with Crippen molar-refractivity contribution >= 4 is 5.97 Å². The summed E-state index contributed by atoms with van der Waals surface area (Å²) in [7, 11) is 2.98. The third kappa shape index (κ3) is 3.38. The van der Waals surface area contributed by atoms with E-state index in [4.69, 9.17) is 19.5 Å². The molecule has 0 spiro atoms. The summed E-state index contributed by atoms with van der Waals surface area (Å²) in [6, 6.07) is 6.51. The van der Waals surface area contributed by atoms with Crippen LogP contribution in [0.4, 0.5) is 0 Å². The van der Waals surface area contributed by atoms with E-state index in [2.05, 4.69) is 0 Å². The maximum Gasteiger partial charge on any atom is 0.339 e. The van der Waals surface area contributed by atoms with Gasteiger partial charge < -0.3 is 14.2 Å². The quantitative estimate of drug-likeness (QED) is 0.744. The molecule has 0 unspecified atom stereocenters. The topological polar surface area (TPSA) is 68.6 Å². The summed E-state index contributed by atoms with van der Waals surface area (Å²) in [6.07, 6.45) is -0.792.